The molecule has 0 aromatic heterocycles. The summed E-state index contributed by atoms with van der Waals surface area (Å²) in [6, 6.07) is 0.0669. The van der Waals surface area contributed by atoms with Crippen molar-refractivity contribution >= 4 is 11.9 Å². The van der Waals surface area contributed by atoms with Crippen LogP contribution in [0.1, 0.15) is 39.0 Å². The van der Waals surface area contributed by atoms with Crippen molar-refractivity contribution in [1.29, 1.82) is 0 Å². The Morgan fingerprint density at radius 3 is 2.71 bits per heavy atom. The van der Waals surface area contributed by atoms with E-state index in [-0.39, 0.29) is 6.04 Å². The molecule has 2 unspecified atom stereocenters. The lowest BCUT2D eigenvalue weighted by Crippen LogP contribution is -2.41. The van der Waals surface area contributed by atoms with E-state index in [4.69, 9.17) is 5.11 Å². The molecule has 0 aliphatic heterocycles. The molecule has 0 saturated heterocycles. The summed E-state index contributed by atoms with van der Waals surface area (Å²) < 4.78 is 0. The molecule has 80 valence electrons. The van der Waals surface area contributed by atoms with E-state index in [0.29, 0.717) is 5.92 Å². The third-order valence-electron chi connectivity index (χ3n) is 2.89. The van der Waals surface area contributed by atoms with Gasteiger partial charge < -0.3 is 10.4 Å². The number of carboxylic acid groups (broad SMARTS) is 1. The second kappa shape index (κ2) is 4.98. The molecule has 0 bridgehead atoms. The Morgan fingerprint density at radius 1 is 1.43 bits per heavy atom. The Labute approximate surface area is 83.7 Å². The van der Waals surface area contributed by atoms with Crippen molar-refractivity contribution in [2.75, 3.05) is 0 Å². The van der Waals surface area contributed by atoms with Crippen LogP contribution in [0.3, 0.4) is 0 Å². The molecule has 1 aliphatic carbocycles. The molecule has 2 atom stereocenters. The fourth-order valence-electron chi connectivity index (χ4n) is 2.04. The predicted molar refractivity (Wildman–Crippen MR) is 51.8 cm³/mol. The molecule has 4 heteroatoms. The van der Waals surface area contributed by atoms with Gasteiger partial charge in [0.05, 0.1) is 0 Å². The van der Waals surface area contributed by atoms with Crippen LogP contribution in [0.25, 0.3) is 0 Å². The minimum absolute atomic E-state index is 0.0669. The largest absolute Gasteiger partial charge is 0.474 e. The van der Waals surface area contributed by atoms with E-state index in [9.17, 15) is 9.59 Å². The molecule has 0 heterocycles. The van der Waals surface area contributed by atoms with Crippen LogP contribution in [0.15, 0.2) is 0 Å². The highest BCUT2D eigenvalue weighted by atomic mass is 16.4. The average Bonchev–Trinajstić information content (AvgIpc) is 2.18. The third kappa shape index (κ3) is 3.01. The lowest BCUT2D eigenvalue weighted by atomic mass is 9.84. The summed E-state index contributed by atoms with van der Waals surface area (Å²) in [5.74, 6) is -1.61. The van der Waals surface area contributed by atoms with Crippen molar-refractivity contribution in [3.8, 4) is 0 Å². The zero-order chi connectivity index (χ0) is 10.6. The first-order chi connectivity index (χ1) is 6.63. The van der Waals surface area contributed by atoms with Gasteiger partial charge >= 0.3 is 11.9 Å². The topological polar surface area (TPSA) is 66.4 Å². The summed E-state index contributed by atoms with van der Waals surface area (Å²) in [7, 11) is 0. The third-order valence-corrected chi connectivity index (χ3v) is 2.89. The number of carboxylic acids is 1. The molecule has 0 radical (unpaired) electrons. The number of aliphatic carboxylic acids is 1. The predicted octanol–water partition coefficient (Wildman–Crippen LogP) is 1.16. The van der Waals surface area contributed by atoms with Gasteiger partial charge in [0.2, 0.25) is 0 Å². The van der Waals surface area contributed by atoms with Crippen molar-refractivity contribution in [2.45, 2.75) is 45.1 Å². The number of nitrogens with one attached hydrogen (secondary N) is 1. The van der Waals surface area contributed by atoms with Gasteiger partial charge in [0.15, 0.2) is 0 Å². The van der Waals surface area contributed by atoms with Crippen LogP contribution in [-0.4, -0.2) is 23.0 Å². The van der Waals surface area contributed by atoms with Crippen molar-refractivity contribution in [2.24, 2.45) is 5.92 Å². The van der Waals surface area contributed by atoms with Crippen LogP contribution in [0.5, 0.6) is 0 Å². The molecule has 1 saturated carbocycles. The first-order valence-corrected chi connectivity index (χ1v) is 5.17. The Morgan fingerprint density at radius 2 is 2.14 bits per heavy atom. The molecule has 1 rings (SSSR count). The second-order valence-corrected chi connectivity index (χ2v) is 3.92. The lowest BCUT2D eigenvalue weighted by Gasteiger charge is -2.28. The van der Waals surface area contributed by atoms with Crippen LogP contribution in [0, 0.1) is 5.92 Å². The minimum Gasteiger partial charge on any atom is -0.474 e. The first-order valence-electron chi connectivity index (χ1n) is 5.17. The summed E-state index contributed by atoms with van der Waals surface area (Å²) in [5.41, 5.74) is 0. The van der Waals surface area contributed by atoms with Gasteiger partial charge in [0, 0.05) is 6.04 Å². The standard InChI is InChI=1S/C10H17NO3/c1-2-7-4-3-5-8(6-7)11-9(12)10(13)14/h7-8H,2-6H2,1H3,(H,11,12)(H,13,14). The van der Waals surface area contributed by atoms with E-state index in [1.807, 2.05) is 0 Å². The maximum atomic E-state index is 10.9. The van der Waals surface area contributed by atoms with Crippen LogP contribution in [0.2, 0.25) is 0 Å². The second-order valence-electron chi connectivity index (χ2n) is 3.92. The molecule has 0 aromatic carbocycles. The monoisotopic (exact) mass is 199 g/mol. The van der Waals surface area contributed by atoms with Crippen LogP contribution in [0.4, 0.5) is 0 Å². The zero-order valence-corrected chi connectivity index (χ0v) is 8.45. The van der Waals surface area contributed by atoms with Crippen LogP contribution < -0.4 is 5.32 Å². The summed E-state index contributed by atoms with van der Waals surface area (Å²) in [5, 5.41) is 11.0. The van der Waals surface area contributed by atoms with Gasteiger partial charge in [-0.25, -0.2) is 4.79 Å². The molecule has 2 N–H and O–H groups in total. The van der Waals surface area contributed by atoms with E-state index < -0.39 is 11.9 Å². The maximum Gasteiger partial charge on any atom is 0.394 e. The molecular formula is C10H17NO3. The van der Waals surface area contributed by atoms with Gasteiger partial charge in [-0.2, -0.15) is 0 Å². The highest BCUT2D eigenvalue weighted by Crippen LogP contribution is 2.26. The quantitative estimate of drug-likeness (QED) is 0.656. The summed E-state index contributed by atoms with van der Waals surface area (Å²) in [4.78, 5) is 21.2. The normalized spacial score (nSPS) is 26.9. The Balaban J connectivity index is 2.37. The Kier molecular flexibility index (Phi) is 3.92. The summed E-state index contributed by atoms with van der Waals surface area (Å²) in [6.07, 6.45) is 5.24. The number of carbonyl (C=O) groups excluding carboxylic acids is 1. The molecule has 4 nitrogen and oxygen atoms in total. The fraction of sp³-hybridized carbons (Fsp3) is 0.800. The van der Waals surface area contributed by atoms with E-state index in [2.05, 4.69) is 12.2 Å². The van der Waals surface area contributed by atoms with Gasteiger partial charge in [-0.3, -0.25) is 4.79 Å². The SMILES string of the molecule is CCC1CCCC(NC(=O)C(=O)O)C1. The van der Waals surface area contributed by atoms with E-state index in [1.165, 1.54) is 6.42 Å². The molecule has 1 aliphatic rings. The average molecular weight is 199 g/mol. The summed E-state index contributed by atoms with van der Waals surface area (Å²) >= 11 is 0. The maximum absolute atomic E-state index is 10.9. The zero-order valence-electron chi connectivity index (χ0n) is 8.45. The molecule has 0 spiro atoms. The van der Waals surface area contributed by atoms with E-state index in [1.54, 1.807) is 0 Å². The van der Waals surface area contributed by atoms with Gasteiger partial charge in [-0.05, 0) is 18.8 Å². The molecule has 1 amide bonds. The Bertz CT molecular complexity index is 227. The van der Waals surface area contributed by atoms with Crippen molar-refractivity contribution in [3.05, 3.63) is 0 Å². The van der Waals surface area contributed by atoms with Crippen LogP contribution in [-0.2, 0) is 9.59 Å². The van der Waals surface area contributed by atoms with Gasteiger partial charge in [-0.15, -0.1) is 0 Å². The van der Waals surface area contributed by atoms with Crippen molar-refractivity contribution in [3.63, 3.8) is 0 Å². The number of amides is 1. The van der Waals surface area contributed by atoms with Crippen LogP contribution >= 0.6 is 0 Å². The van der Waals surface area contributed by atoms with Gasteiger partial charge in [0.1, 0.15) is 0 Å². The fourth-order valence-corrected chi connectivity index (χ4v) is 2.04. The van der Waals surface area contributed by atoms with Crippen molar-refractivity contribution in [1.82, 2.24) is 5.32 Å². The van der Waals surface area contributed by atoms with Gasteiger partial charge in [0.25, 0.3) is 0 Å². The number of rotatable bonds is 2. The van der Waals surface area contributed by atoms with E-state index in [0.717, 1.165) is 25.7 Å². The first kappa shape index (κ1) is 11.0. The number of hydrogen-bond donors (Lipinski definition) is 2. The molecule has 0 aromatic rings. The van der Waals surface area contributed by atoms with Gasteiger partial charge in [-0.1, -0.05) is 26.2 Å². The molecule has 14 heavy (non-hydrogen) atoms. The van der Waals surface area contributed by atoms with Crippen molar-refractivity contribution < 1.29 is 14.7 Å². The highest BCUT2D eigenvalue weighted by molar-refractivity contribution is 6.31. The van der Waals surface area contributed by atoms with E-state index >= 15 is 0 Å². The molecular weight excluding hydrogens is 182 g/mol. The number of hydrogen-bond acceptors (Lipinski definition) is 2. The number of carbonyl (C=O) groups is 2. The smallest absolute Gasteiger partial charge is 0.394 e. The summed E-state index contributed by atoms with van der Waals surface area (Å²) in [6.45, 7) is 2.13. The lowest BCUT2D eigenvalue weighted by molar-refractivity contribution is -0.150. The highest BCUT2D eigenvalue weighted by Gasteiger charge is 2.23. The molecule has 1 fully saturated rings. The minimum atomic E-state index is -1.39. The Hall–Kier alpha value is -1.06.